The molecule has 0 saturated carbocycles. The van der Waals surface area contributed by atoms with Crippen molar-refractivity contribution in [1.82, 2.24) is 5.32 Å². The Morgan fingerprint density at radius 2 is 1.94 bits per heavy atom. The maximum atomic E-state index is 5.81. The van der Waals surface area contributed by atoms with Crippen molar-refractivity contribution in [3.8, 4) is 5.75 Å². The second-order valence-electron chi connectivity index (χ2n) is 4.83. The van der Waals surface area contributed by atoms with Crippen LogP contribution in [0.1, 0.15) is 26.7 Å². The fraction of sp³-hybridized carbons (Fsp3) is 0.571. The summed E-state index contributed by atoms with van der Waals surface area (Å²) in [5.74, 6) is 0.959. The number of para-hydroxylation sites is 2. The predicted molar refractivity (Wildman–Crippen MR) is 71.7 cm³/mol. The second kappa shape index (κ2) is 5.92. The molecule has 1 heterocycles. The summed E-state index contributed by atoms with van der Waals surface area (Å²) in [7, 11) is 0. The van der Waals surface area contributed by atoms with Crippen LogP contribution < -0.4 is 15.4 Å². The molecule has 1 aliphatic heterocycles. The quantitative estimate of drug-likeness (QED) is 0.840. The first-order valence-corrected chi connectivity index (χ1v) is 6.48. The van der Waals surface area contributed by atoms with Crippen molar-refractivity contribution in [2.24, 2.45) is 0 Å². The molecule has 2 rings (SSSR count). The molecule has 2 N–H and O–H groups in total. The minimum absolute atomic E-state index is 0.214. The smallest absolute Gasteiger partial charge is 0.142 e. The zero-order valence-corrected chi connectivity index (χ0v) is 10.7. The van der Waals surface area contributed by atoms with E-state index in [2.05, 4.69) is 36.6 Å². The third kappa shape index (κ3) is 3.63. The Bertz CT molecular complexity index is 346. The van der Waals surface area contributed by atoms with Gasteiger partial charge in [0, 0.05) is 6.04 Å². The van der Waals surface area contributed by atoms with Crippen LogP contribution in [-0.2, 0) is 0 Å². The number of hydrogen-bond acceptors (Lipinski definition) is 3. The van der Waals surface area contributed by atoms with Crippen LogP contribution in [0.3, 0.4) is 0 Å². The Hall–Kier alpha value is -1.22. The summed E-state index contributed by atoms with van der Waals surface area (Å²) in [6.07, 6.45) is 2.57. The van der Waals surface area contributed by atoms with Crippen molar-refractivity contribution in [3.05, 3.63) is 24.3 Å². The van der Waals surface area contributed by atoms with E-state index in [9.17, 15) is 0 Å². The highest BCUT2D eigenvalue weighted by molar-refractivity contribution is 5.56. The van der Waals surface area contributed by atoms with Gasteiger partial charge in [-0.15, -0.1) is 0 Å². The molecular weight excluding hydrogens is 212 g/mol. The van der Waals surface area contributed by atoms with Gasteiger partial charge < -0.3 is 15.4 Å². The van der Waals surface area contributed by atoms with E-state index < -0.39 is 0 Å². The van der Waals surface area contributed by atoms with Crippen molar-refractivity contribution in [1.29, 1.82) is 0 Å². The van der Waals surface area contributed by atoms with Gasteiger partial charge in [0.1, 0.15) is 5.75 Å². The highest BCUT2D eigenvalue weighted by atomic mass is 16.5. The lowest BCUT2D eigenvalue weighted by Gasteiger charge is -2.26. The first kappa shape index (κ1) is 12.2. The summed E-state index contributed by atoms with van der Waals surface area (Å²) < 4.78 is 5.81. The average Bonchev–Trinajstić information content (AvgIpc) is 2.32. The summed E-state index contributed by atoms with van der Waals surface area (Å²) in [5.41, 5.74) is 1.12. The average molecular weight is 234 g/mol. The Labute approximate surface area is 104 Å². The molecule has 0 spiro atoms. The molecule has 0 radical (unpaired) electrons. The molecule has 1 aromatic carbocycles. The fourth-order valence-electron chi connectivity index (χ4n) is 2.13. The van der Waals surface area contributed by atoms with Gasteiger partial charge in [0.2, 0.25) is 0 Å². The number of piperidine rings is 1. The van der Waals surface area contributed by atoms with Crippen LogP contribution in [0.15, 0.2) is 24.3 Å². The van der Waals surface area contributed by atoms with Crippen LogP contribution in [0.4, 0.5) is 5.69 Å². The van der Waals surface area contributed by atoms with Gasteiger partial charge in [0.15, 0.2) is 0 Å². The topological polar surface area (TPSA) is 33.3 Å². The lowest BCUT2D eigenvalue weighted by Crippen LogP contribution is -2.35. The van der Waals surface area contributed by atoms with Crippen LogP contribution in [-0.4, -0.2) is 25.2 Å². The van der Waals surface area contributed by atoms with Gasteiger partial charge in [-0.05, 0) is 51.9 Å². The van der Waals surface area contributed by atoms with Gasteiger partial charge in [-0.25, -0.2) is 0 Å². The zero-order valence-electron chi connectivity index (χ0n) is 10.7. The van der Waals surface area contributed by atoms with Gasteiger partial charge in [-0.1, -0.05) is 12.1 Å². The van der Waals surface area contributed by atoms with Crippen molar-refractivity contribution >= 4 is 5.69 Å². The Balaban J connectivity index is 2.03. The summed E-state index contributed by atoms with van der Waals surface area (Å²) >= 11 is 0. The Morgan fingerprint density at radius 3 is 2.65 bits per heavy atom. The van der Waals surface area contributed by atoms with Gasteiger partial charge >= 0.3 is 0 Å². The number of ether oxygens (including phenoxy) is 1. The van der Waals surface area contributed by atoms with E-state index in [0.29, 0.717) is 6.04 Å². The van der Waals surface area contributed by atoms with Crippen LogP contribution in [0.5, 0.6) is 5.75 Å². The van der Waals surface area contributed by atoms with E-state index in [1.807, 2.05) is 12.1 Å². The molecule has 3 heteroatoms. The molecule has 94 valence electrons. The van der Waals surface area contributed by atoms with Crippen molar-refractivity contribution in [2.45, 2.75) is 38.8 Å². The molecule has 1 saturated heterocycles. The number of nitrogens with one attached hydrogen (secondary N) is 2. The lowest BCUT2D eigenvalue weighted by molar-refractivity contribution is 0.243. The van der Waals surface area contributed by atoms with E-state index in [1.54, 1.807) is 0 Å². The van der Waals surface area contributed by atoms with E-state index in [0.717, 1.165) is 24.5 Å². The molecular formula is C14H22N2O. The van der Waals surface area contributed by atoms with Crippen molar-refractivity contribution < 1.29 is 4.74 Å². The molecule has 0 aliphatic carbocycles. The van der Waals surface area contributed by atoms with Crippen LogP contribution in [0.2, 0.25) is 0 Å². The minimum atomic E-state index is 0.214. The first-order chi connectivity index (χ1) is 8.25. The molecule has 0 amide bonds. The summed E-state index contributed by atoms with van der Waals surface area (Å²) in [6, 6.07) is 8.76. The van der Waals surface area contributed by atoms with Crippen LogP contribution in [0, 0.1) is 0 Å². The number of hydrogen-bond donors (Lipinski definition) is 2. The zero-order chi connectivity index (χ0) is 12.1. The minimum Gasteiger partial charge on any atom is -0.489 e. The molecule has 0 bridgehead atoms. The van der Waals surface area contributed by atoms with E-state index in [-0.39, 0.29) is 6.10 Å². The number of anilines is 1. The molecule has 17 heavy (non-hydrogen) atoms. The fourth-order valence-corrected chi connectivity index (χ4v) is 2.13. The van der Waals surface area contributed by atoms with E-state index in [1.165, 1.54) is 12.8 Å². The van der Waals surface area contributed by atoms with Crippen LogP contribution in [0.25, 0.3) is 0 Å². The van der Waals surface area contributed by atoms with Gasteiger partial charge in [0.05, 0.1) is 11.8 Å². The summed E-state index contributed by atoms with van der Waals surface area (Å²) in [5, 5.41) is 6.97. The molecule has 0 unspecified atom stereocenters. The number of benzene rings is 1. The van der Waals surface area contributed by atoms with E-state index in [4.69, 9.17) is 4.74 Å². The van der Waals surface area contributed by atoms with Gasteiger partial charge in [-0.3, -0.25) is 0 Å². The molecule has 1 aliphatic rings. The normalized spacial score (nSPS) is 17.1. The summed E-state index contributed by atoms with van der Waals surface area (Å²) in [6.45, 7) is 6.32. The van der Waals surface area contributed by atoms with Crippen molar-refractivity contribution in [2.75, 3.05) is 18.4 Å². The molecule has 1 fully saturated rings. The first-order valence-electron chi connectivity index (χ1n) is 6.48. The third-order valence-electron chi connectivity index (χ3n) is 2.95. The molecule has 1 aromatic rings. The molecule has 0 aromatic heterocycles. The molecule has 3 nitrogen and oxygen atoms in total. The Kier molecular flexibility index (Phi) is 4.26. The Morgan fingerprint density at radius 1 is 1.24 bits per heavy atom. The van der Waals surface area contributed by atoms with Crippen LogP contribution >= 0.6 is 0 Å². The van der Waals surface area contributed by atoms with E-state index >= 15 is 0 Å². The van der Waals surface area contributed by atoms with Gasteiger partial charge in [-0.2, -0.15) is 0 Å². The SMILES string of the molecule is CC(C)Oc1ccccc1NC1CCNCC1. The highest BCUT2D eigenvalue weighted by Crippen LogP contribution is 2.26. The standard InChI is InChI=1S/C14H22N2O/c1-11(2)17-14-6-4-3-5-13(14)16-12-7-9-15-10-8-12/h3-6,11-12,15-16H,7-10H2,1-2H3. The molecule has 0 atom stereocenters. The summed E-state index contributed by atoms with van der Waals surface area (Å²) in [4.78, 5) is 0. The number of rotatable bonds is 4. The highest BCUT2D eigenvalue weighted by Gasteiger charge is 2.14. The lowest BCUT2D eigenvalue weighted by atomic mass is 10.1. The monoisotopic (exact) mass is 234 g/mol. The van der Waals surface area contributed by atoms with Crippen molar-refractivity contribution in [3.63, 3.8) is 0 Å². The van der Waals surface area contributed by atoms with Gasteiger partial charge in [0.25, 0.3) is 0 Å². The third-order valence-corrected chi connectivity index (χ3v) is 2.95. The predicted octanol–water partition coefficient (Wildman–Crippen LogP) is 2.64. The largest absolute Gasteiger partial charge is 0.489 e. The maximum Gasteiger partial charge on any atom is 0.142 e. The maximum absolute atomic E-state index is 5.81. The second-order valence-corrected chi connectivity index (χ2v) is 4.83.